The zero-order valence-corrected chi connectivity index (χ0v) is 8.22. The molecular formula is C9H10Cl2O. The predicted octanol–water partition coefficient (Wildman–Crippen LogP) is 3.18. The Balaban J connectivity index is 2.71. The lowest BCUT2D eigenvalue weighted by atomic mass is 10.1. The van der Waals surface area contributed by atoms with Crippen LogP contribution in [0.15, 0.2) is 30.3 Å². The van der Waals surface area contributed by atoms with Gasteiger partial charge in [-0.1, -0.05) is 41.9 Å². The van der Waals surface area contributed by atoms with E-state index in [4.69, 9.17) is 27.9 Å². The van der Waals surface area contributed by atoms with Crippen molar-refractivity contribution in [2.75, 3.05) is 7.11 Å². The van der Waals surface area contributed by atoms with Crippen LogP contribution in [0.5, 0.6) is 0 Å². The van der Waals surface area contributed by atoms with Crippen molar-refractivity contribution in [3.05, 3.63) is 35.9 Å². The third-order valence-corrected chi connectivity index (χ3v) is 2.61. The lowest BCUT2D eigenvalue weighted by molar-refractivity contribution is 0.163. The Morgan fingerprint density at radius 1 is 1.17 bits per heavy atom. The minimum Gasteiger partial charge on any atom is -0.364 e. The van der Waals surface area contributed by atoms with Gasteiger partial charge in [-0.15, -0.1) is 11.6 Å². The van der Waals surface area contributed by atoms with E-state index in [1.165, 1.54) is 7.11 Å². The first kappa shape index (κ1) is 9.85. The first-order valence-electron chi connectivity index (χ1n) is 3.61. The Hall–Kier alpha value is -0.240. The maximum Gasteiger partial charge on any atom is 0.151 e. The highest BCUT2D eigenvalue weighted by molar-refractivity contribution is 6.29. The molecule has 0 amide bonds. The number of halogens is 2. The maximum atomic E-state index is 6.00. The Kier molecular flexibility index (Phi) is 3.86. The van der Waals surface area contributed by atoms with Crippen LogP contribution in [0.1, 0.15) is 10.9 Å². The van der Waals surface area contributed by atoms with Crippen LogP contribution in [0.3, 0.4) is 0 Å². The minimum absolute atomic E-state index is 0.294. The molecule has 1 rings (SSSR count). The topological polar surface area (TPSA) is 9.23 Å². The fourth-order valence-electron chi connectivity index (χ4n) is 0.908. The van der Waals surface area contributed by atoms with Crippen LogP contribution in [-0.4, -0.2) is 12.7 Å². The summed E-state index contributed by atoms with van der Waals surface area (Å²) in [5.41, 5.74) is 0.495. The third-order valence-electron chi connectivity index (χ3n) is 1.57. The van der Waals surface area contributed by atoms with Gasteiger partial charge in [0.05, 0.1) is 5.38 Å². The molecule has 0 aliphatic rings. The van der Waals surface area contributed by atoms with Gasteiger partial charge in [0.15, 0.2) is 5.56 Å². The summed E-state index contributed by atoms with van der Waals surface area (Å²) in [4.78, 5) is 0. The average Bonchev–Trinajstić information content (AvgIpc) is 2.17. The molecule has 0 fully saturated rings. The third kappa shape index (κ3) is 2.37. The first-order chi connectivity index (χ1) is 5.75. The van der Waals surface area contributed by atoms with Crippen LogP contribution in [0.4, 0.5) is 0 Å². The van der Waals surface area contributed by atoms with Gasteiger partial charge in [-0.2, -0.15) is 0 Å². The van der Waals surface area contributed by atoms with Crippen molar-refractivity contribution in [2.24, 2.45) is 0 Å². The van der Waals surface area contributed by atoms with E-state index in [-0.39, 0.29) is 5.38 Å². The van der Waals surface area contributed by atoms with Crippen molar-refractivity contribution in [1.82, 2.24) is 0 Å². The second kappa shape index (κ2) is 4.70. The van der Waals surface area contributed by atoms with Gasteiger partial charge in [-0.25, -0.2) is 0 Å². The van der Waals surface area contributed by atoms with Crippen LogP contribution in [0.2, 0.25) is 0 Å². The normalized spacial score (nSPS) is 15.6. The molecule has 0 aromatic heterocycles. The fourth-order valence-corrected chi connectivity index (χ4v) is 1.30. The van der Waals surface area contributed by atoms with Crippen LogP contribution in [0, 0.1) is 0 Å². The molecule has 0 radical (unpaired) electrons. The molecule has 0 aliphatic carbocycles. The summed E-state index contributed by atoms with van der Waals surface area (Å²) in [6.07, 6.45) is 0. The molecule has 0 spiro atoms. The molecule has 1 nitrogen and oxygen atoms in total. The highest BCUT2D eigenvalue weighted by Crippen LogP contribution is 2.27. The van der Waals surface area contributed by atoms with E-state index in [2.05, 4.69) is 0 Å². The molecule has 12 heavy (non-hydrogen) atoms. The monoisotopic (exact) mass is 204 g/mol. The molecule has 3 heteroatoms. The molecule has 66 valence electrons. The number of alkyl halides is 2. The molecule has 0 aliphatic heterocycles. The number of benzene rings is 1. The molecule has 1 aromatic rings. The van der Waals surface area contributed by atoms with Crippen LogP contribution in [-0.2, 0) is 4.74 Å². The van der Waals surface area contributed by atoms with Gasteiger partial charge in [0.25, 0.3) is 0 Å². The predicted molar refractivity (Wildman–Crippen MR) is 51.7 cm³/mol. The molecule has 0 saturated heterocycles. The lowest BCUT2D eigenvalue weighted by Crippen LogP contribution is -2.09. The zero-order chi connectivity index (χ0) is 8.97. The summed E-state index contributed by atoms with van der Waals surface area (Å²) in [6, 6.07) is 9.62. The van der Waals surface area contributed by atoms with Gasteiger partial charge in [-0.3, -0.25) is 0 Å². The largest absolute Gasteiger partial charge is 0.364 e. The van der Waals surface area contributed by atoms with Gasteiger partial charge >= 0.3 is 0 Å². The first-order valence-corrected chi connectivity index (χ1v) is 4.49. The van der Waals surface area contributed by atoms with Gasteiger partial charge < -0.3 is 4.74 Å². The van der Waals surface area contributed by atoms with Crippen molar-refractivity contribution in [3.8, 4) is 0 Å². The SMILES string of the molecule is COC(Cl)C(Cl)c1ccccc1. The van der Waals surface area contributed by atoms with E-state index in [0.717, 1.165) is 5.56 Å². The minimum atomic E-state index is -0.478. The Labute approximate surface area is 82.2 Å². The quantitative estimate of drug-likeness (QED) is 0.688. The Morgan fingerprint density at radius 3 is 2.25 bits per heavy atom. The molecular weight excluding hydrogens is 195 g/mol. The lowest BCUT2D eigenvalue weighted by Gasteiger charge is -2.14. The zero-order valence-electron chi connectivity index (χ0n) is 6.71. The number of rotatable bonds is 3. The van der Waals surface area contributed by atoms with Crippen LogP contribution in [0.25, 0.3) is 0 Å². The highest BCUT2D eigenvalue weighted by Gasteiger charge is 2.16. The summed E-state index contributed by atoms with van der Waals surface area (Å²) < 4.78 is 4.90. The smallest absolute Gasteiger partial charge is 0.151 e. The van der Waals surface area contributed by atoms with Crippen molar-refractivity contribution < 1.29 is 4.74 Å². The van der Waals surface area contributed by atoms with Crippen molar-refractivity contribution in [2.45, 2.75) is 10.9 Å². The van der Waals surface area contributed by atoms with Crippen molar-refractivity contribution in [1.29, 1.82) is 0 Å². The number of hydrogen-bond donors (Lipinski definition) is 0. The Morgan fingerprint density at radius 2 is 1.75 bits per heavy atom. The summed E-state index contributed by atoms with van der Waals surface area (Å²) in [5, 5.41) is -0.294. The molecule has 1 aromatic carbocycles. The standard InChI is InChI=1S/C9H10Cl2O/c1-12-9(11)8(10)7-5-3-2-4-6-7/h2-6,8-9H,1H3. The summed E-state index contributed by atoms with van der Waals surface area (Å²) >= 11 is 11.8. The van der Waals surface area contributed by atoms with E-state index in [9.17, 15) is 0 Å². The van der Waals surface area contributed by atoms with E-state index in [0.29, 0.717) is 0 Å². The second-order valence-corrected chi connectivity index (χ2v) is 3.30. The second-order valence-electron chi connectivity index (χ2n) is 2.40. The summed E-state index contributed by atoms with van der Waals surface area (Å²) in [5.74, 6) is 0. The van der Waals surface area contributed by atoms with E-state index in [1.54, 1.807) is 0 Å². The van der Waals surface area contributed by atoms with Gasteiger partial charge in [0.1, 0.15) is 0 Å². The van der Waals surface area contributed by atoms with Crippen LogP contribution >= 0.6 is 23.2 Å². The number of methoxy groups -OCH3 is 1. The van der Waals surface area contributed by atoms with E-state index >= 15 is 0 Å². The van der Waals surface area contributed by atoms with E-state index in [1.807, 2.05) is 30.3 Å². The van der Waals surface area contributed by atoms with Crippen LogP contribution < -0.4 is 0 Å². The summed E-state index contributed by atoms with van der Waals surface area (Å²) in [6.45, 7) is 0. The molecule has 2 unspecified atom stereocenters. The molecule has 0 bridgehead atoms. The Bertz CT molecular complexity index is 225. The molecule has 0 saturated carbocycles. The van der Waals surface area contributed by atoms with Crippen molar-refractivity contribution in [3.63, 3.8) is 0 Å². The molecule has 0 N–H and O–H groups in total. The average molecular weight is 205 g/mol. The maximum absolute atomic E-state index is 6.00. The molecule has 2 atom stereocenters. The number of hydrogen-bond acceptors (Lipinski definition) is 1. The fraction of sp³-hybridized carbons (Fsp3) is 0.333. The molecule has 0 heterocycles. The van der Waals surface area contributed by atoms with Gasteiger partial charge in [0, 0.05) is 7.11 Å². The van der Waals surface area contributed by atoms with Gasteiger partial charge in [-0.05, 0) is 5.56 Å². The van der Waals surface area contributed by atoms with Gasteiger partial charge in [0.2, 0.25) is 0 Å². The highest BCUT2D eigenvalue weighted by atomic mass is 35.5. The van der Waals surface area contributed by atoms with E-state index < -0.39 is 5.56 Å². The van der Waals surface area contributed by atoms with Crippen molar-refractivity contribution >= 4 is 23.2 Å². The number of ether oxygens (including phenoxy) is 1. The summed E-state index contributed by atoms with van der Waals surface area (Å²) in [7, 11) is 1.54.